The minimum absolute atomic E-state index is 0.0987. The Morgan fingerprint density at radius 2 is 2.37 bits per heavy atom. The molecule has 1 aliphatic rings. The Bertz CT molecular complexity index is 448. The molecule has 0 unspecified atom stereocenters. The van der Waals surface area contributed by atoms with Crippen LogP contribution in [0.3, 0.4) is 0 Å². The van der Waals surface area contributed by atoms with Crippen molar-refractivity contribution in [3.05, 3.63) is 23.8 Å². The van der Waals surface area contributed by atoms with E-state index in [2.05, 4.69) is 17.1 Å². The SMILES string of the molecule is CCCN1CCOc2c(cccc2NCC(=O)O)C1. The summed E-state index contributed by atoms with van der Waals surface area (Å²) in [5.74, 6) is -0.0822. The smallest absolute Gasteiger partial charge is 0.322 e. The van der Waals surface area contributed by atoms with Crippen molar-refractivity contribution >= 4 is 11.7 Å². The summed E-state index contributed by atoms with van der Waals surface area (Å²) in [7, 11) is 0. The van der Waals surface area contributed by atoms with Crippen LogP contribution in [0.1, 0.15) is 18.9 Å². The molecule has 0 radical (unpaired) electrons. The fourth-order valence-electron chi connectivity index (χ4n) is 2.29. The first-order valence-electron chi connectivity index (χ1n) is 6.63. The van der Waals surface area contributed by atoms with Gasteiger partial charge < -0.3 is 15.2 Å². The number of anilines is 1. The van der Waals surface area contributed by atoms with Gasteiger partial charge in [0.1, 0.15) is 18.9 Å². The fraction of sp³-hybridized carbons (Fsp3) is 0.500. The monoisotopic (exact) mass is 264 g/mol. The van der Waals surface area contributed by atoms with Gasteiger partial charge in [0.05, 0.1) is 5.69 Å². The molecule has 104 valence electrons. The third-order valence-corrected chi connectivity index (χ3v) is 3.11. The molecule has 1 heterocycles. The zero-order chi connectivity index (χ0) is 13.7. The Morgan fingerprint density at radius 3 is 3.11 bits per heavy atom. The Labute approximate surface area is 113 Å². The van der Waals surface area contributed by atoms with Crippen molar-refractivity contribution in [1.29, 1.82) is 0 Å². The van der Waals surface area contributed by atoms with Gasteiger partial charge in [-0.25, -0.2) is 0 Å². The Morgan fingerprint density at radius 1 is 1.53 bits per heavy atom. The first-order chi connectivity index (χ1) is 9.20. The van der Waals surface area contributed by atoms with Crippen LogP contribution in [0, 0.1) is 0 Å². The first kappa shape index (κ1) is 13.7. The second-order valence-corrected chi connectivity index (χ2v) is 4.67. The summed E-state index contributed by atoms with van der Waals surface area (Å²) in [6.45, 7) is 5.51. The number of benzene rings is 1. The van der Waals surface area contributed by atoms with Gasteiger partial charge in [0.25, 0.3) is 0 Å². The molecule has 0 atom stereocenters. The number of hydrogen-bond donors (Lipinski definition) is 2. The summed E-state index contributed by atoms with van der Waals surface area (Å²) in [5.41, 5.74) is 1.87. The number of carboxylic acids is 1. The van der Waals surface area contributed by atoms with Gasteiger partial charge in [-0.05, 0) is 19.0 Å². The van der Waals surface area contributed by atoms with E-state index in [-0.39, 0.29) is 6.54 Å². The van der Waals surface area contributed by atoms with E-state index in [0.29, 0.717) is 6.61 Å². The van der Waals surface area contributed by atoms with Gasteiger partial charge in [-0.3, -0.25) is 9.69 Å². The largest absolute Gasteiger partial charge is 0.490 e. The van der Waals surface area contributed by atoms with Gasteiger partial charge >= 0.3 is 5.97 Å². The number of nitrogens with zero attached hydrogens (tertiary/aromatic N) is 1. The van der Waals surface area contributed by atoms with Crippen molar-refractivity contribution in [1.82, 2.24) is 4.90 Å². The van der Waals surface area contributed by atoms with Gasteiger partial charge in [0, 0.05) is 18.7 Å². The van der Waals surface area contributed by atoms with E-state index >= 15 is 0 Å². The van der Waals surface area contributed by atoms with E-state index < -0.39 is 5.97 Å². The zero-order valence-corrected chi connectivity index (χ0v) is 11.2. The number of rotatable bonds is 5. The fourth-order valence-corrected chi connectivity index (χ4v) is 2.29. The second-order valence-electron chi connectivity index (χ2n) is 4.67. The molecule has 1 aliphatic heterocycles. The Balaban J connectivity index is 2.16. The average Bonchev–Trinajstić information content (AvgIpc) is 2.58. The van der Waals surface area contributed by atoms with E-state index in [1.807, 2.05) is 18.2 Å². The van der Waals surface area contributed by atoms with E-state index in [9.17, 15) is 4.79 Å². The Hall–Kier alpha value is -1.75. The van der Waals surface area contributed by atoms with Gasteiger partial charge in [-0.1, -0.05) is 19.1 Å². The molecule has 1 aromatic carbocycles. The molecule has 5 nitrogen and oxygen atoms in total. The highest BCUT2D eigenvalue weighted by atomic mass is 16.5. The molecular weight excluding hydrogens is 244 g/mol. The molecular formula is C14H20N2O3. The normalized spacial score (nSPS) is 15.2. The third-order valence-electron chi connectivity index (χ3n) is 3.11. The van der Waals surface area contributed by atoms with Crippen LogP contribution in [-0.4, -0.2) is 42.2 Å². The second kappa shape index (κ2) is 6.43. The number of hydrogen-bond acceptors (Lipinski definition) is 4. The maximum atomic E-state index is 10.6. The number of ether oxygens (including phenoxy) is 1. The predicted octanol–water partition coefficient (Wildman–Crippen LogP) is 1.79. The lowest BCUT2D eigenvalue weighted by molar-refractivity contribution is -0.134. The van der Waals surface area contributed by atoms with Crippen LogP contribution in [0.4, 0.5) is 5.69 Å². The van der Waals surface area contributed by atoms with Crippen molar-refractivity contribution < 1.29 is 14.6 Å². The molecule has 0 saturated carbocycles. The molecule has 19 heavy (non-hydrogen) atoms. The molecule has 0 fully saturated rings. The van der Waals surface area contributed by atoms with Crippen LogP contribution < -0.4 is 10.1 Å². The molecule has 5 heteroatoms. The van der Waals surface area contributed by atoms with E-state index in [4.69, 9.17) is 9.84 Å². The number of aliphatic carboxylic acids is 1. The molecule has 0 amide bonds. The van der Waals surface area contributed by atoms with E-state index in [0.717, 1.165) is 43.1 Å². The molecule has 2 rings (SSSR count). The minimum Gasteiger partial charge on any atom is -0.490 e. The highest BCUT2D eigenvalue weighted by molar-refractivity contribution is 5.74. The van der Waals surface area contributed by atoms with Crippen molar-refractivity contribution in [3.8, 4) is 5.75 Å². The molecule has 2 N–H and O–H groups in total. The van der Waals surface area contributed by atoms with Gasteiger partial charge in [0.2, 0.25) is 0 Å². The van der Waals surface area contributed by atoms with Crippen LogP contribution in [0.25, 0.3) is 0 Å². The van der Waals surface area contributed by atoms with Crippen molar-refractivity contribution in [3.63, 3.8) is 0 Å². The number of fused-ring (bicyclic) bond motifs is 1. The van der Waals surface area contributed by atoms with Crippen molar-refractivity contribution in [2.75, 3.05) is 31.6 Å². The van der Waals surface area contributed by atoms with Crippen LogP contribution in [-0.2, 0) is 11.3 Å². The molecule has 0 spiro atoms. The van der Waals surface area contributed by atoms with Crippen LogP contribution in [0.2, 0.25) is 0 Å². The summed E-state index contributed by atoms with van der Waals surface area (Å²) in [4.78, 5) is 13.0. The number of carboxylic acid groups (broad SMARTS) is 1. The summed E-state index contributed by atoms with van der Waals surface area (Å²) in [5, 5.41) is 11.6. The lowest BCUT2D eigenvalue weighted by atomic mass is 10.1. The average molecular weight is 264 g/mol. The first-order valence-corrected chi connectivity index (χ1v) is 6.63. The topological polar surface area (TPSA) is 61.8 Å². The van der Waals surface area contributed by atoms with Crippen molar-refractivity contribution in [2.24, 2.45) is 0 Å². The summed E-state index contributed by atoms with van der Waals surface area (Å²) in [6, 6.07) is 5.83. The van der Waals surface area contributed by atoms with Gasteiger partial charge in [0.15, 0.2) is 0 Å². The summed E-state index contributed by atoms with van der Waals surface area (Å²) < 4.78 is 5.79. The number of nitrogens with one attached hydrogen (secondary N) is 1. The maximum Gasteiger partial charge on any atom is 0.322 e. The van der Waals surface area contributed by atoms with Crippen LogP contribution >= 0.6 is 0 Å². The lowest BCUT2D eigenvalue weighted by Crippen LogP contribution is -2.26. The van der Waals surface area contributed by atoms with Crippen LogP contribution in [0.15, 0.2) is 18.2 Å². The van der Waals surface area contributed by atoms with Crippen LogP contribution in [0.5, 0.6) is 5.75 Å². The molecule has 0 aromatic heterocycles. The summed E-state index contributed by atoms with van der Waals surface area (Å²) in [6.07, 6.45) is 1.12. The molecule has 0 bridgehead atoms. The number of para-hydroxylation sites is 1. The van der Waals surface area contributed by atoms with Gasteiger partial charge in [-0.2, -0.15) is 0 Å². The highest BCUT2D eigenvalue weighted by Gasteiger charge is 2.17. The van der Waals surface area contributed by atoms with E-state index in [1.165, 1.54) is 0 Å². The number of carbonyl (C=O) groups is 1. The quantitative estimate of drug-likeness (QED) is 0.849. The molecule has 1 aromatic rings. The lowest BCUT2D eigenvalue weighted by Gasteiger charge is -2.18. The zero-order valence-electron chi connectivity index (χ0n) is 11.2. The Kier molecular flexibility index (Phi) is 4.63. The van der Waals surface area contributed by atoms with E-state index in [1.54, 1.807) is 0 Å². The maximum absolute atomic E-state index is 10.6. The standard InChI is InChI=1S/C14H20N2O3/c1-2-6-16-7-8-19-14-11(10-16)4-3-5-12(14)15-9-13(17)18/h3-5,15H,2,6-10H2,1H3,(H,17,18). The minimum atomic E-state index is -0.876. The molecule has 0 saturated heterocycles. The highest BCUT2D eigenvalue weighted by Crippen LogP contribution is 2.31. The third kappa shape index (κ3) is 3.61. The summed E-state index contributed by atoms with van der Waals surface area (Å²) >= 11 is 0. The molecule has 0 aliphatic carbocycles. The predicted molar refractivity (Wildman–Crippen MR) is 73.6 cm³/mol. The van der Waals surface area contributed by atoms with Gasteiger partial charge in [-0.15, -0.1) is 0 Å². The van der Waals surface area contributed by atoms with Crippen molar-refractivity contribution in [2.45, 2.75) is 19.9 Å².